The largest absolute Gasteiger partial charge is 0.497 e. The molecular weight excluding hydrogens is 468 g/mol. The van der Waals surface area contributed by atoms with Crippen molar-refractivity contribution in [1.29, 1.82) is 0 Å². The van der Waals surface area contributed by atoms with Crippen molar-refractivity contribution in [2.75, 3.05) is 7.11 Å². The average Bonchev–Trinajstić information content (AvgIpc) is 2.86. The van der Waals surface area contributed by atoms with Gasteiger partial charge in [-0.25, -0.2) is 0 Å². The fraction of sp³-hybridized carbons (Fsp3) is 0.567. The molecule has 4 atom stereocenters. The second-order valence-corrected chi connectivity index (χ2v) is 16.1. The van der Waals surface area contributed by atoms with Crippen molar-refractivity contribution in [3.8, 4) is 5.75 Å². The molecule has 0 N–H and O–H groups in total. The zero-order valence-electron chi connectivity index (χ0n) is 23.7. The predicted octanol–water partition coefficient (Wildman–Crippen LogP) is 7.19. The molecule has 0 saturated carbocycles. The maximum Gasteiger partial charge on any atom is 0.192 e. The summed E-state index contributed by atoms with van der Waals surface area (Å²) in [5, 5.41) is 0.0382. The fourth-order valence-electron chi connectivity index (χ4n) is 4.13. The van der Waals surface area contributed by atoms with Crippen LogP contribution in [0.4, 0.5) is 0 Å². The summed E-state index contributed by atoms with van der Waals surface area (Å²) in [5.41, 5.74) is 1.22. The topological polar surface area (TPSA) is 54.0 Å². The Bertz CT molecular complexity index is 923. The minimum atomic E-state index is -2.13. The van der Waals surface area contributed by atoms with E-state index in [1.807, 2.05) is 61.5 Å². The predicted molar refractivity (Wildman–Crippen MR) is 149 cm³/mol. The van der Waals surface area contributed by atoms with Crippen molar-refractivity contribution in [3.05, 3.63) is 65.7 Å². The summed E-state index contributed by atoms with van der Waals surface area (Å²) in [5.74, 6) is 0.405. The number of methoxy groups -OCH3 is 1. The minimum absolute atomic E-state index is 0.0382. The molecule has 0 aliphatic carbocycles. The van der Waals surface area contributed by atoms with Crippen molar-refractivity contribution in [2.24, 2.45) is 5.92 Å². The van der Waals surface area contributed by atoms with Crippen LogP contribution in [0.25, 0.3) is 0 Å². The molecule has 0 aliphatic rings. The van der Waals surface area contributed by atoms with Gasteiger partial charge in [-0.15, -0.1) is 0 Å². The van der Waals surface area contributed by atoms with Gasteiger partial charge in [-0.3, -0.25) is 0 Å². The summed E-state index contributed by atoms with van der Waals surface area (Å²) in [6, 6.07) is 17.9. The van der Waals surface area contributed by atoms with Crippen LogP contribution in [0.1, 0.15) is 59.1 Å². The van der Waals surface area contributed by atoms with Crippen LogP contribution in [0.2, 0.25) is 18.1 Å². The SMILES string of the molecule is CC[C@@H](O[Si](C)(C)C(C)(C)C)[C@@](C)(OCc1ccccc1)[C@H](OCc1ccc(OC)cc1)[C@@H](C)C=O. The van der Waals surface area contributed by atoms with Crippen LogP contribution in [0, 0.1) is 5.92 Å². The van der Waals surface area contributed by atoms with E-state index in [0.717, 1.165) is 29.6 Å². The molecular formula is C30H46O5Si. The number of hydrogen-bond acceptors (Lipinski definition) is 5. The lowest BCUT2D eigenvalue weighted by Gasteiger charge is -2.48. The number of carbonyl (C=O) groups excluding carboxylic acids is 1. The maximum atomic E-state index is 12.1. The number of benzene rings is 2. The molecule has 0 aliphatic heterocycles. The molecule has 0 saturated heterocycles. The van der Waals surface area contributed by atoms with E-state index in [1.165, 1.54) is 0 Å². The van der Waals surface area contributed by atoms with Crippen LogP contribution in [0.5, 0.6) is 5.75 Å². The van der Waals surface area contributed by atoms with Gasteiger partial charge in [-0.2, -0.15) is 0 Å². The molecule has 0 heterocycles. The van der Waals surface area contributed by atoms with E-state index in [4.69, 9.17) is 18.6 Å². The second-order valence-electron chi connectivity index (χ2n) is 11.3. The van der Waals surface area contributed by atoms with Crippen LogP contribution in [0.15, 0.2) is 54.6 Å². The van der Waals surface area contributed by atoms with E-state index in [1.54, 1.807) is 7.11 Å². The van der Waals surface area contributed by atoms with Gasteiger partial charge in [0, 0.05) is 5.92 Å². The summed E-state index contributed by atoms with van der Waals surface area (Å²) in [6.45, 7) is 18.0. The Hall–Kier alpha value is -1.99. The number of rotatable bonds is 14. The summed E-state index contributed by atoms with van der Waals surface area (Å²) in [6.07, 6.45) is 0.953. The molecule has 0 bridgehead atoms. The summed E-state index contributed by atoms with van der Waals surface area (Å²) < 4.78 is 25.5. The Morgan fingerprint density at radius 2 is 1.50 bits per heavy atom. The third-order valence-electron chi connectivity index (χ3n) is 7.49. The molecule has 0 unspecified atom stereocenters. The summed E-state index contributed by atoms with van der Waals surface area (Å²) in [4.78, 5) is 12.1. The number of carbonyl (C=O) groups is 1. The highest BCUT2D eigenvalue weighted by atomic mass is 28.4. The molecule has 0 fully saturated rings. The quantitative estimate of drug-likeness (QED) is 0.197. The minimum Gasteiger partial charge on any atom is -0.497 e. The Labute approximate surface area is 219 Å². The Balaban J connectivity index is 2.43. The van der Waals surface area contributed by atoms with Crippen LogP contribution in [0.3, 0.4) is 0 Å². The number of ether oxygens (including phenoxy) is 3. The van der Waals surface area contributed by atoms with Gasteiger partial charge >= 0.3 is 0 Å². The molecule has 0 amide bonds. The summed E-state index contributed by atoms with van der Waals surface area (Å²) in [7, 11) is -0.484. The molecule has 2 aromatic carbocycles. The van der Waals surface area contributed by atoms with Gasteiger partial charge in [-0.1, -0.05) is 77.1 Å². The van der Waals surface area contributed by atoms with Crippen molar-refractivity contribution in [3.63, 3.8) is 0 Å². The average molecular weight is 515 g/mol. The van der Waals surface area contributed by atoms with Gasteiger partial charge in [0.05, 0.1) is 32.5 Å². The Morgan fingerprint density at radius 1 is 0.917 bits per heavy atom. The van der Waals surface area contributed by atoms with Crippen LogP contribution >= 0.6 is 0 Å². The van der Waals surface area contributed by atoms with E-state index in [9.17, 15) is 4.79 Å². The lowest BCUT2D eigenvalue weighted by molar-refractivity contribution is -0.205. The zero-order valence-corrected chi connectivity index (χ0v) is 24.7. The second kappa shape index (κ2) is 13.0. The molecule has 0 radical (unpaired) electrons. The van der Waals surface area contributed by atoms with Gasteiger partial charge in [0.2, 0.25) is 0 Å². The molecule has 5 nitrogen and oxygen atoms in total. The van der Waals surface area contributed by atoms with Gasteiger partial charge < -0.3 is 23.4 Å². The Morgan fingerprint density at radius 3 is 2.00 bits per heavy atom. The first kappa shape index (κ1) is 30.2. The first-order valence-electron chi connectivity index (χ1n) is 12.9. The third kappa shape index (κ3) is 7.75. The highest BCUT2D eigenvalue weighted by Gasteiger charge is 2.50. The summed E-state index contributed by atoms with van der Waals surface area (Å²) >= 11 is 0. The molecule has 0 aromatic heterocycles. The van der Waals surface area contributed by atoms with E-state index in [2.05, 4.69) is 47.7 Å². The zero-order chi connectivity index (χ0) is 27.0. The standard InChI is InChI=1S/C30H46O5Si/c1-10-27(35-36(8,9)29(3,4)5)30(6,34-22-24-14-12-11-13-15-24)28(23(2)20-31)33-21-25-16-18-26(32-7)19-17-25/h11-20,23,27-28H,10,21-22H2,1-9H3/t23-,27+,28+,30+/m0/s1. The smallest absolute Gasteiger partial charge is 0.192 e. The van der Waals surface area contributed by atoms with E-state index < -0.39 is 20.0 Å². The van der Waals surface area contributed by atoms with Crippen LogP contribution in [-0.2, 0) is 31.9 Å². The first-order chi connectivity index (χ1) is 16.9. The maximum absolute atomic E-state index is 12.1. The first-order valence-corrected chi connectivity index (χ1v) is 15.8. The normalized spacial score (nSPS) is 16.6. The van der Waals surface area contributed by atoms with Crippen molar-refractivity contribution in [1.82, 2.24) is 0 Å². The molecule has 36 heavy (non-hydrogen) atoms. The van der Waals surface area contributed by atoms with Crippen LogP contribution < -0.4 is 4.74 Å². The molecule has 6 heteroatoms. The van der Waals surface area contributed by atoms with Crippen molar-refractivity contribution in [2.45, 2.75) is 97.1 Å². The third-order valence-corrected chi connectivity index (χ3v) is 12.0. The van der Waals surface area contributed by atoms with E-state index in [0.29, 0.717) is 13.2 Å². The van der Waals surface area contributed by atoms with E-state index >= 15 is 0 Å². The highest BCUT2D eigenvalue weighted by molar-refractivity contribution is 6.74. The van der Waals surface area contributed by atoms with Gasteiger partial charge in [0.25, 0.3) is 0 Å². The van der Waals surface area contributed by atoms with E-state index in [-0.39, 0.29) is 17.1 Å². The van der Waals surface area contributed by atoms with Crippen molar-refractivity contribution >= 4 is 14.6 Å². The highest BCUT2D eigenvalue weighted by Crippen LogP contribution is 2.41. The van der Waals surface area contributed by atoms with Crippen molar-refractivity contribution < 1.29 is 23.4 Å². The molecule has 2 aromatic rings. The van der Waals surface area contributed by atoms with Gasteiger partial charge in [0.15, 0.2) is 8.32 Å². The van der Waals surface area contributed by atoms with Crippen LogP contribution in [-0.4, -0.2) is 39.5 Å². The monoisotopic (exact) mass is 514 g/mol. The van der Waals surface area contributed by atoms with Gasteiger partial charge in [0.1, 0.15) is 17.6 Å². The van der Waals surface area contributed by atoms with Gasteiger partial charge in [-0.05, 0) is 54.7 Å². The number of aldehydes is 1. The Kier molecular flexibility index (Phi) is 10.9. The molecule has 2 rings (SSSR count). The number of hydrogen-bond donors (Lipinski definition) is 0. The molecule has 0 spiro atoms. The lowest BCUT2D eigenvalue weighted by Crippen LogP contribution is -2.59. The molecule has 200 valence electrons. The fourth-order valence-corrected chi connectivity index (χ4v) is 5.59. The lowest BCUT2D eigenvalue weighted by atomic mass is 9.83.